The molecule has 82 valence electrons. The van der Waals surface area contributed by atoms with E-state index in [0.29, 0.717) is 0 Å². The molecule has 0 aromatic rings. The average molecular weight is 220 g/mol. The van der Waals surface area contributed by atoms with Crippen LogP contribution in [0.5, 0.6) is 0 Å². The van der Waals surface area contributed by atoms with E-state index < -0.39 is 28.0 Å². The van der Waals surface area contributed by atoms with Crippen LogP contribution in [-0.2, 0) is 23.5 Å². The molecule has 0 rings (SSSR count). The maximum absolute atomic E-state index is 10.6. The molecular formula is C8H16O5Si. The zero-order valence-electron chi connectivity index (χ0n) is 8.74. The minimum Gasteiger partial charge on any atom is -0.423 e. The standard InChI is InChI=1S/C8H16O5Si/c1-4-14-11-5-8(12-6(2)9)13-7(3)10/h8H,4-5,14H2,1-3H3. The molecule has 0 amide bonds. The molecule has 0 radical (unpaired) electrons. The summed E-state index contributed by atoms with van der Waals surface area (Å²) in [5, 5.41) is 0. The fourth-order valence-electron chi connectivity index (χ4n) is 0.786. The maximum Gasteiger partial charge on any atom is 0.305 e. The van der Waals surface area contributed by atoms with Crippen LogP contribution in [-0.4, -0.2) is 34.6 Å². The molecule has 0 aliphatic heterocycles. The topological polar surface area (TPSA) is 61.8 Å². The van der Waals surface area contributed by atoms with Crippen molar-refractivity contribution in [2.75, 3.05) is 6.61 Å². The van der Waals surface area contributed by atoms with Crippen molar-refractivity contribution in [1.29, 1.82) is 0 Å². The molecule has 0 N–H and O–H groups in total. The maximum atomic E-state index is 10.6. The normalized spacial score (nSPS) is 10.9. The fourth-order valence-corrected chi connectivity index (χ4v) is 1.43. The van der Waals surface area contributed by atoms with E-state index in [-0.39, 0.29) is 6.61 Å². The summed E-state index contributed by atoms with van der Waals surface area (Å²) in [6.07, 6.45) is -0.899. The summed E-state index contributed by atoms with van der Waals surface area (Å²) < 4.78 is 14.7. The first kappa shape index (κ1) is 13.1. The summed E-state index contributed by atoms with van der Waals surface area (Å²) in [5.74, 6) is -0.976. The van der Waals surface area contributed by atoms with Crippen molar-refractivity contribution < 1.29 is 23.5 Å². The average Bonchev–Trinajstić information content (AvgIpc) is 2.02. The Morgan fingerprint density at radius 3 is 2.07 bits per heavy atom. The Bertz CT molecular complexity index is 178. The van der Waals surface area contributed by atoms with Crippen LogP contribution in [0.1, 0.15) is 20.8 Å². The molecule has 0 atom stereocenters. The molecule has 0 aliphatic carbocycles. The van der Waals surface area contributed by atoms with Crippen LogP contribution in [0.3, 0.4) is 0 Å². The molecule has 14 heavy (non-hydrogen) atoms. The number of esters is 2. The predicted octanol–water partition coefficient (Wildman–Crippen LogP) is -0.0227. The zero-order chi connectivity index (χ0) is 11.0. The molecule has 0 aromatic heterocycles. The van der Waals surface area contributed by atoms with Gasteiger partial charge in [0.25, 0.3) is 6.29 Å². The van der Waals surface area contributed by atoms with Gasteiger partial charge in [-0.3, -0.25) is 9.59 Å². The zero-order valence-corrected chi connectivity index (χ0v) is 10.2. The highest BCUT2D eigenvalue weighted by Crippen LogP contribution is 1.97. The quantitative estimate of drug-likeness (QED) is 0.272. The number of ether oxygens (including phenoxy) is 2. The summed E-state index contributed by atoms with van der Waals surface area (Å²) in [6.45, 7) is 4.67. The van der Waals surface area contributed by atoms with Crippen LogP contribution >= 0.6 is 0 Å². The minimum absolute atomic E-state index is 0.138. The Morgan fingerprint density at radius 1 is 1.21 bits per heavy atom. The van der Waals surface area contributed by atoms with Crippen molar-refractivity contribution in [2.45, 2.75) is 33.1 Å². The van der Waals surface area contributed by atoms with E-state index >= 15 is 0 Å². The summed E-state index contributed by atoms with van der Waals surface area (Å²) in [5.41, 5.74) is 0. The van der Waals surface area contributed by atoms with Gasteiger partial charge in [0.2, 0.25) is 0 Å². The molecule has 0 aromatic carbocycles. The van der Waals surface area contributed by atoms with Gasteiger partial charge in [-0.15, -0.1) is 0 Å². The van der Waals surface area contributed by atoms with Crippen LogP contribution in [0.15, 0.2) is 0 Å². The first-order chi connectivity index (χ1) is 6.56. The lowest BCUT2D eigenvalue weighted by Gasteiger charge is -2.16. The van der Waals surface area contributed by atoms with Crippen LogP contribution in [0, 0.1) is 0 Å². The molecule has 0 unspecified atom stereocenters. The minimum atomic E-state index is -0.899. The largest absolute Gasteiger partial charge is 0.423 e. The monoisotopic (exact) mass is 220 g/mol. The SMILES string of the molecule is CC[SiH2]OCC(OC(C)=O)OC(C)=O. The van der Waals surface area contributed by atoms with Gasteiger partial charge in [-0.25, -0.2) is 0 Å². The summed E-state index contributed by atoms with van der Waals surface area (Å²) in [4.78, 5) is 21.2. The molecule has 0 fully saturated rings. The molecule has 0 bridgehead atoms. The summed E-state index contributed by atoms with van der Waals surface area (Å²) in [6, 6.07) is 0.993. The predicted molar refractivity (Wildman–Crippen MR) is 52.3 cm³/mol. The van der Waals surface area contributed by atoms with Crippen molar-refractivity contribution in [3.05, 3.63) is 0 Å². The molecule has 0 aliphatic rings. The third-order valence-electron chi connectivity index (χ3n) is 1.20. The molecule has 0 saturated carbocycles. The molecule has 0 spiro atoms. The van der Waals surface area contributed by atoms with E-state index in [4.69, 9.17) is 13.9 Å². The van der Waals surface area contributed by atoms with Crippen LogP contribution in [0.25, 0.3) is 0 Å². The molecular weight excluding hydrogens is 204 g/mol. The first-order valence-corrected chi connectivity index (χ1v) is 6.06. The molecule has 0 heterocycles. The Balaban J connectivity index is 3.84. The highest BCUT2D eigenvalue weighted by molar-refractivity contribution is 6.26. The third-order valence-corrected chi connectivity index (χ3v) is 2.13. The highest BCUT2D eigenvalue weighted by atomic mass is 28.2. The van der Waals surface area contributed by atoms with E-state index in [1.807, 2.05) is 6.92 Å². The smallest absolute Gasteiger partial charge is 0.305 e. The van der Waals surface area contributed by atoms with Gasteiger partial charge in [0.1, 0.15) is 6.61 Å². The lowest BCUT2D eigenvalue weighted by Crippen LogP contribution is -2.28. The Labute approximate surface area is 85.7 Å². The molecule has 5 nitrogen and oxygen atoms in total. The van der Waals surface area contributed by atoms with Crippen LogP contribution < -0.4 is 0 Å². The Morgan fingerprint density at radius 2 is 1.71 bits per heavy atom. The van der Waals surface area contributed by atoms with Gasteiger partial charge in [0, 0.05) is 13.8 Å². The summed E-state index contributed by atoms with van der Waals surface area (Å²) in [7, 11) is -0.571. The van der Waals surface area contributed by atoms with Gasteiger partial charge in [-0.1, -0.05) is 6.92 Å². The molecule has 0 saturated heterocycles. The van der Waals surface area contributed by atoms with Crippen molar-refractivity contribution in [1.82, 2.24) is 0 Å². The number of rotatable bonds is 6. The second kappa shape index (κ2) is 7.51. The third kappa shape index (κ3) is 7.75. The van der Waals surface area contributed by atoms with E-state index in [1.54, 1.807) is 0 Å². The Kier molecular flexibility index (Phi) is 7.04. The van der Waals surface area contributed by atoms with Gasteiger partial charge in [-0.2, -0.15) is 0 Å². The van der Waals surface area contributed by atoms with E-state index in [2.05, 4.69) is 0 Å². The highest BCUT2D eigenvalue weighted by Gasteiger charge is 2.14. The van der Waals surface area contributed by atoms with Crippen LogP contribution in [0.2, 0.25) is 6.04 Å². The number of carbonyl (C=O) groups excluding carboxylic acids is 2. The van der Waals surface area contributed by atoms with Crippen molar-refractivity contribution in [2.24, 2.45) is 0 Å². The van der Waals surface area contributed by atoms with Gasteiger partial charge >= 0.3 is 11.9 Å². The number of carbonyl (C=O) groups is 2. The number of hydrogen-bond donors (Lipinski definition) is 0. The van der Waals surface area contributed by atoms with Crippen molar-refractivity contribution in [3.63, 3.8) is 0 Å². The van der Waals surface area contributed by atoms with E-state index in [1.165, 1.54) is 13.8 Å². The van der Waals surface area contributed by atoms with Gasteiger partial charge in [0.05, 0.1) is 0 Å². The van der Waals surface area contributed by atoms with Gasteiger partial charge in [-0.05, 0) is 6.04 Å². The fraction of sp³-hybridized carbons (Fsp3) is 0.750. The lowest BCUT2D eigenvalue weighted by atomic mass is 10.6. The molecule has 6 heteroatoms. The van der Waals surface area contributed by atoms with Crippen molar-refractivity contribution >= 4 is 21.7 Å². The second-order valence-electron chi connectivity index (χ2n) is 2.72. The van der Waals surface area contributed by atoms with Crippen LogP contribution in [0.4, 0.5) is 0 Å². The number of hydrogen-bond acceptors (Lipinski definition) is 5. The van der Waals surface area contributed by atoms with Crippen molar-refractivity contribution in [3.8, 4) is 0 Å². The Hall–Kier alpha value is -0.883. The van der Waals surface area contributed by atoms with E-state index in [9.17, 15) is 9.59 Å². The lowest BCUT2D eigenvalue weighted by molar-refractivity contribution is -0.189. The van der Waals surface area contributed by atoms with E-state index in [0.717, 1.165) is 6.04 Å². The first-order valence-electron chi connectivity index (χ1n) is 4.48. The van der Waals surface area contributed by atoms with Gasteiger partial charge < -0.3 is 13.9 Å². The second-order valence-corrected chi connectivity index (χ2v) is 4.54. The summed E-state index contributed by atoms with van der Waals surface area (Å²) >= 11 is 0. The van der Waals surface area contributed by atoms with Gasteiger partial charge in [0.15, 0.2) is 9.76 Å².